The third-order valence-corrected chi connectivity index (χ3v) is 6.57. The molecule has 0 aliphatic carbocycles. The molecule has 1 amide bonds. The Labute approximate surface area is 199 Å². The molecule has 10 heteroatoms. The van der Waals surface area contributed by atoms with Gasteiger partial charge in [-0.3, -0.25) is 9.59 Å². The van der Waals surface area contributed by atoms with Gasteiger partial charge in [-0.1, -0.05) is 58.7 Å². The number of fused-ring (bicyclic) bond motifs is 1. The first-order chi connectivity index (χ1) is 16.0. The zero-order valence-electron chi connectivity index (χ0n) is 17.5. The molecule has 5 rings (SSSR count). The van der Waals surface area contributed by atoms with Crippen molar-refractivity contribution in [3.05, 3.63) is 85.9 Å². The van der Waals surface area contributed by atoms with Gasteiger partial charge in [-0.15, -0.1) is 5.10 Å². The van der Waals surface area contributed by atoms with Gasteiger partial charge in [0.15, 0.2) is 11.2 Å². The molecule has 1 N–H and O–H groups in total. The zero-order valence-corrected chi connectivity index (χ0v) is 19.1. The van der Waals surface area contributed by atoms with E-state index in [2.05, 4.69) is 15.3 Å². The minimum Gasteiger partial charge on any atom is -0.338 e. The molecular weight excluding hydrogens is 463 g/mol. The van der Waals surface area contributed by atoms with E-state index < -0.39 is 0 Å². The SMILES string of the molecule is O=C(c1ccccc1Cl)N1CCCC(c2nc3c(nnn3Cc3ccccc3Cl)c(=O)[nH]2)C1. The van der Waals surface area contributed by atoms with Crippen molar-refractivity contribution in [1.82, 2.24) is 29.9 Å². The van der Waals surface area contributed by atoms with Crippen LogP contribution in [-0.2, 0) is 6.54 Å². The molecule has 33 heavy (non-hydrogen) atoms. The van der Waals surface area contributed by atoms with Crippen LogP contribution in [0.3, 0.4) is 0 Å². The van der Waals surface area contributed by atoms with E-state index in [0.29, 0.717) is 46.7 Å². The van der Waals surface area contributed by atoms with Crippen molar-refractivity contribution < 1.29 is 4.79 Å². The first-order valence-electron chi connectivity index (χ1n) is 10.6. The predicted octanol–water partition coefficient (Wildman–Crippen LogP) is 3.89. The quantitative estimate of drug-likeness (QED) is 0.475. The van der Waals surface area contributed by atoms with Crippen LogP contribution in [0.25, 0.3) is 11.2 Å². The third kappa shape index (κ3) is 4.24. The fraction of sp³-hybridized carbons (Fsp3) is 0.261. The van der Waals surface area contributed by atoms with Crippen molar-refractivity contribution in [3.63, 3.8) is 0 Å². The molecule has 0 saturated carbocycles. The average molecular weight is 483 g/mol. The van der Waals surface area contributed by atoms with Crippen LogP contribution in [0.2, 0.25) is 10.0 Å². The molecule has 0 bridgehead atoms. The Kier molecular flexibility index (Phi) is 5.86. The fourth-order valence-corrected chi connectivity index (χ4v) is 4.57. The van der Waals surface area contributed by atoms with E-state index in [9.17, 15) is 9.59 Å². The standard InChI is InChI=1S/C23H20Cl2N6O2/c24-17-9-3-1-6-14(17)13-31-21-19(28-29-31)22(32)27-20(26-21)15-7-5-11-30(12-15)23(33)16-8-2-4-10-18(16)25/h1-4,6,8-10,15H,5,7,11-13H2,(H,26,27,32). The number of piperidine rings is 1. The van der Waals surface area contributed by atoms with Crippen molar-refractivity contribution in [1.29, 1.82) is 0 Å². The predicted molar refractivity (Wildman–Crippen MR) is 126 cm³/mol. The lowest BCUT2D eigenvalue weighted by molar-refractivity contribution is 0.0704. The van der Waals surface area contributed by atoms with E-state index in [-0.39, 0.29) is 22.9 Å². The van der Waals surface area contributed by atoms with Crippen LogP contribution in [0.4, 0.5) is 0 Å². The summed E-state index contributed by atoms with van der Waals surface area (Å²) in [5.41, 5.74) is 1.53. The number of benzene rings is 2. The number of aromatic nitrogens is 5. The molecular formula is C23H20Cl2N6O2. The minimum absolute atomic E-state index is 0.119. The first kappa shape index (κ1) is 21.6. The molecule has 0 radical (unpaired) electrons. The summed E-state index contributed by atoms with van der Waals surface area (Å²) >= 11 is 12.5. The highest BCUT2D eigenvalue weighted by Crippen LogP contribution is 2.27. The van der Waals surface area contributed by atoms with Gasteiger partial charge in [0.05, 0.1) is 17.1 Å². The molecule has 1 atom stereocenters. The molecule has 1 unspecified atom stereocenters. The summed E-state index contributed by atoms with van der Waals surface area (Å²) in [5.74, 6) is 0.275. The summed E-state index contributed by atoms with van der Waals surface area (Å²) in [7, 11) is 0. The van der Waals surface area contributed by atoms with Crippen LogP contribution in [0.5, 0.6) is 0 Å². The van der Waals surface area contributed by atoms with Gasteiger partial charge in [0, 0.05) is 24.0 Å². The summed E-state index contributed by atoms with van der Waals surface area (Å²) in [4.78, 5) is 35.1. The van der Waals surface area contributed by atoms with E-state index >= 15 is 0 Å². The molecule has 1 aliphatic rings. The van der Waals surface area contributed by atoms with Crippen molar-refractivity contribution in [2.24, 2.45) is 0 Å². The second-order valence-corrected chi connectivity index (χ2v) is 8.85. The second kappa shape index (κ2) is 8.96. The van der Waals surface area contributed by atoms with Crippen molar-refractivity contribution in [2.45, 2.75) is 25.3 Å². The molecule has 2 aromatic heterocycles. The molecule has 168 valence electrons. The number of halogens is 2. The van der Waals surface area contributed by atoms with Gasteiger partial charge >= 0.3 is 0 Å². The normalized spacial score (nSPS) is 16.3. The molecule has 3 heterocycles. The second-order valence-electron chi connectivity index (χ2n) is 8.03. The van der Waals surface area contributed by atoms with Crippen molar-refractivity contribution >= 4 is 40.3 Å². The van der Waals surface area contributed by atoms with Crippen LogP contribution >= 0.6 is 23.2 Å². The molecule has 1 fully saturated rings. The highest BCUT2D eigenvalue weighted by atomic mass is 35.5. The van der Waals surface area contributed by atoms with Crippen LogP contribution < -0.4 is 5.56 Å². The number of likely N-dealkylation sites (tertiary alicyclic amines) is 1. The van der Waals surface area contributed by atoms with Gasteiger partial charge in [-0.25, -0.2) is 9.67 Å². The maximum atomic E-state index is 13.0. The lowest BCUT2D eigenvalue weighted by atomic mass is 9.96. The molecule has 1 saturated heterocycles. The highest BCUT2D eigenvalue weighted by molar-refractivity contribution is 6.33. The lowest BCUT2D eigenvalue weighted by Crippen LogP contribution is -2.40. The number of nitrogens with one attached hydrogen (secondary N) is 1. The highest BCUT2D eigenvalue weighted by Gasteiger charge is 2.28. The first-order valence-corrected chi connectivity index (χ1v) is 11.4. The van der Waals surface area contributed by atoms with E-state index in [0.717, 1.165) is 18.4 Å². The van der Waals surface area contributed by atoms with Gasteiger partial charge in [-0.05, 0) is 36.6 Å². The topological polar surface area (TPSA) is 96.8 Å². The number of carbonyl (C=O) groups excluding carboxylic acids is 1. The summed E-state index contributed by atoms with van der Waals surface area (Å²) in [6.07, 6.45) is 1.59. The molecule has 1 aliphatic heterocycles. The van der Waals surface area contributed by atoms with Crippen molar-refractivity contribution in [2.75, 3.05) is 13.1 Å². The molecule has 0 spiro atoms. The Hall–Kier alpha value is -3.23. The number of carbonyl (C=O) groups is 1. The van der Waals surface area contributed by atoms with Gasteiger partial charge in [0.1, 0.15) is 5.82 Å². The lowest BCUT2D eigenvalue weighted by Gasteiger charge is -2.32. The molecule has 2 aromatic carbocycles. The number of amides is 1. The minimum atomic E-state index is -0.352. The largest absolute Gasteiger partial charge is 0.338 e. The Morgan fingerprint density at radius 2 is 1.85 bits per heavy atom. The summed E-state index contributed by atoms with van der Waals surface area (Å²) in [5, 5.41) is 9.15. The number of aromatic amines is 1. The Morgan fingerprint density at radius 3 is 2.64 bits per heavy atom. The Bertz CT molecular complexity index is 1400. The fourth-order valence-electron chi connectivity index (χ4n) is 4.16. The van der Waals surface area contributed by atoms with Gasteiger partial charge in [-0.2, -0.15) is 0 Å². The number of H-pyrrole nitrogens is 1. The number of hydrogen-bond donors (Lipinski definition) is 1. The zero-order chi connectivity index (χ0) is 22.9. The number of hydrogen-bond acceptors (Lipinski definition) is 5. The summed E-state index contributed by atoms with van der Waals surface area (Å²) < 4.78 is 1.57. The number of rotatable bonds is 4. The van der Waals surface area contributed by atoms with Crippen molar-refractivity contribution in [3.8, 4) is 0 Å². The van der Waals surface area contributed by atoms with E-state index in [1.807, 2.05) is 18.2 Å². The van der Waals surface area contributed by atoms with E-state index in [4.69, 9.17) is 28.2 Å². The Morgan fingerprint density at radius 1 is 1.09 bits per heavy atom. The third-order valence-electron chi connectivity index (χ3n) is 5.87. The smallest absolute Gasteiger partial charge is 0.281 e. The maximum absolute atomic E-state index is 13.0. The molecule has 4 aromatic rings. The maximum Gasteiger partial charge on any atom is 0.281 e. The monoisotopic (exact) mass is 482 g/mol. The van der Waals surface area contributed by atoms with Gasteiger partial charge < -0.3 is 9.88 Å². The van der Waals surface area contributed by atoms with E-state index in [1.165, 1.54) is 0 Å². The van der Waals surface area contributed by atoms with Crippen LogP contribution in [0.15, 0.2) is 53.3 Å². The van der Waals surface area contributed by atoms with Gasteiger partial charge in [0.2, 0.25) is 0 Å². The summed E-state index contributed by atoms with van der Waals surface area (Å²) in [6, 6.07) is 14.4. The number of nitrogens with zero attached hydrogens (tertiary/aromatic N) is 5. The van der Waals surface area contributed by atoms with Crippen LogP contribution in [-0.4, -0.2) is 48.9 Å². The van der Waals surface area contributed by atoms with Gasteiger partial charge in [0.25, 0.3) is 11.5 Å². The van der Waals surface area contributed by atoms with E-state index in [1.54, 1.807) is 39.9 Å². The molecule has 8 nitrogen and oxygen atoms in total. The van der Waals surface area contributed by atoms with Crippen LogP contribution in [0, 0.1) is 0 Å². The summed E-state index contributed by atoms with van der Waals surface area (Å²) in [6.45, 7) is 1.40. The Balaban J connectivity index is 1.44. The van der Waals surface area contributed by atoms with Crippen LogP contribution in [0.1, 0.15) is 40.5 Å². The average Bonchev–Trinajstić information content (AvgIpc) is 3.24.